The summed E-state index contributed by atoms with van der Waals surface area (Å²) in [4.78, 5) is 15.6. The van der Waals surface area contributed by atoms with Crippen molar-refractivity contribution in [3.05, 3.63) is 46.3 Å². The van der Waals surface area contributed by atoms with E-state index in [-0.39, 0.29) is 15.9 Å². The lowest BCUT2D eigenvalue weighted by molar-refractivity contribution is 0.102. The van der Waals surface area contributed by atoms with Crippen molar-refractivity contribution in [2.45, 2.75) is 0 Å². The summed E-state index contributed by atoms with van der Waals surface area (Å²) in [6.45, 7) is 0. The van der Waals surface area contributed by atoms with Gasteiger partial charge in [-0.1, -0.05) is 23.2 Å². The second-order valence-corrected chi connectivity index (χ2v) is 3.78. The topological polar surface area (TPSA) is 67.8 Å². The molecule has 2 heterocycles. The maximum absolute atomic E-state index is 11.8. The van der Waals surface area contributed by atoms with Crippen LogP contribution in [0.5, 0.6) is 0 Å². The number of halogens is 2. The van der Waals surface area contributed by atoms with Crippen LogP contribution in [-0.2, 0) is 0 Å². The molecule has 7 heteroatoms. The fourth-order valence-corrected chi connectivity index (χ4v) is 1.43. The average Bonchev–Trinajstić information content (AvgIpc) is 2.32. The van der Waals surface area contributed by atoms with E-state index in [1.165, 1.54) is 18.3 Å². The van der Waals surface area contributed by atoms with Gasteiger partial charge in [0.05, 0.1) is 5.56 Å². The Bertz CT molecular complexity index is 544. The number of nitrogens with one attached hydrogen (secondary N) is 1. The van der Waals surface area contributed by atoms with E-state index in [4.69, 9.17) is 23.2 Å². The van der Waals surface area contributed by atoms with Gasteiger partial charge in [-0.3, -0.25) is 4.79 Å². The van der Waals surface area contributed by atoms with Gasteiger partial charge in [-0.25, -0.2) is 4.98 Å². The normalized spacial score (nSPS) is 10.0. The third kappa shape index (κ3) is 2.89. The van der Waals surface area contributed by atoms with Gasteiger partial charge in [0, 0.05) is 6.20 Å². The minimum atomic E-state index is -0.403. The summed E-state index contributed by atoms with van der Waals surface area (Å²) >= 11 is 11.4. The molecule has 0 aliphatic rings. The molecular weight excluding hydrogens is 263 g/mol. The van der Waals surface area contributed by atoms with E-state index >= 15 is 0 Å². The summed E-state index contributed by atoms with van der Waals surface area (Å²) in [6, 6.07) is 6.24. The lowest BCUT2D eigenvalue weighted by Gasteiger charge is -2.04. The number of aromatic nitrogens is 3. The minimum absolute atomic E-state index is 0.131. The Kier molecular flexibility index (Phi) is 3.51. The van der Waals surface area contributed by atoms with Crippen molar-refractivity contribution in [2.24, 2.45) is 0 Å². The molecule has 0 aromatic carbocycles. The number of hydrogen-bond donors (Lipinski definition) is 1. The Hall–Kier alpha value is -1.72. The van der Waals surface area contributed by atoms with E-state index in [9.17, 15) is 4.79 Å². The molecule has 2 aromatic rings. The zero-order valence-electron chi connectivity index (χ0n) is 8.39. The van der Waals surface area contributed by atoms with Crippen LogP contribution in [0.4, 0.5) is 5.82 Å². The molecule has 0 bridgehead atoms. The predicted octanol–water partition coefficient (Wildman–Crippen LogP) is 2.43. The van der Waals surface area contributed by atoms with Crippen molar-refractivity contribution in [3.8, 4) is 0 Å². The lowest BCUT2D eigenvalue weighted by atomic mass is 10.2. The molecule has 0 saturated carbocycles. The maximum Gasteiger partial charge on any atom is 0.259 e. The van der Waals surface area contributed by atoms with Crippen LogP contribution >= 0.6 is 23.2 Å². The molecule has 17 heavy (non-hydrogen) atoms. The first-order valence-electron chi connectivity index (χ1n) is 4.58. The molecule has 0 atom stereocenters. The highest BCUT2D eigenvalue weighted by Crippen LogP contribution is 2.13. The van der Waals surface area contributed by atoms with E-state index in [2.05, 4.69) is 20.5 Å². The SMILES string of the molecule is O=C(Nc1ccc(Cl)nn1)c1cccnc1Cl. The number of carbonyl (C=O) groups excluding carboxylic acids is 1. The Morgan fingerprint density at radius 1 is 1.18 bits per heavy atom. The molecular formula is C10H6Cl2N4O. The van der Waals surface area contributed by atoms with Crippen molar-refractivity contribution in [1.82, 2.24) is 15.2 Å². The van der Waals surface area contributed by atoms with Gasteiger partial charge in [-0.2, -0.15) is 0 Å². The van der Waals surface area contributed by atoms with E-state index in [0.717, 1.165) is 0 Å². The molecule has 0 saturated heterocycles. The summed E-state index contributed by atoms with van der Waals surface area (Å²) in [5.74, 6) is -0.112. The molecule has 2 aromatic heterocycles. The summed E-state index contributed by atoms with van der Waals surface area (Å²) in [5.41, 5.74) is 0.269. The molecule has 0 fully saturated rings. The smallest absolute Gasteiger partial charge is 0.259 e. The molecule has 0 aliphatic carbocycles. The van der Waals surface area contributed by atoms with Crippen molar-refractivity contribution < 1.29 is 4.79 Å². The quantitative estimate of drug-likeness (QED) is 0.850. The Morgan fingerprint density at radius 3 is 2.65 bits per heavy atom. The second-order valence-electron chi connectivity index (χ2n) is 3.04. The second kappa shape index (κ2) is 5.07. The lowest BCUT2D eigenvalue weighted by Crippen LogP contribution is -2.14. The molecule has 0 aliphatic heterocycles. The van der Waals surface area contributed by atoms with Gasteiger partial charge in [0.1, 0.15) is 5.15 Å². The maximum atomic E-state index is 11.8. The first kappa shape index (κ1) is 11.8. The van der Waals surface area contributed by atoms with Gasteiger partial charge in [-0.05, 0) is 24.3 Å². The zero-order chi connectivity index (χ0) is 12.3. The van der Waals surface area contributed by atoms with E-state index in [1.54, 1.807) is 12.1 Å². The van der Waals surface area contributed by atoms with Crippen LogP contribution in [-0.4, -0.2) is 21.1 Å². The van der Waals surface area contributed by atoms with E-state index in [1.807, 2.05) is 0 Å². The van der Waals surface area contributed by atoms with Crippen molar-refractivity contribution in [2.75, 3.05) is 5.32 Å². The van der Waals surface area contributed by atoms with Crippen LogP contribution < -0.4 is 5.32 Å². The number of anilines is 1. The van der Waals surface area contributed by atoms with E-state index < -0.39 is 5.91 Å². The highest BCUT2D eigenvalue weighted by atomic mass is 35.5. The minimum Gasteiger partial charge on any atom is -0.305 e. The predicted molar refractivity (Wildman–Crippen MR) is 64.2 cm³/mol. The zero-order valence-corrected chi connectivity index (χ0v) is 9.90. The largest absolute Gasteiger partial charge is 0.305 e. The average molecular weight is 269 g/mol. The Morgan fingerprint density at radius 2 is 2.00 bits per heavy atom. The fourth-order valence-electron chi connectivity index (χ4n) is 1.12. The Labute approximate surface area is 107 Å². The summed E-state index contributed by atoms with van der Waals surface area (Å²) in [5, 5.41) is 10.2. The van der Waals surface area contributed by atoms with Gasteiger partial charge < -0.3 is 5.32 Å². The van der Waals surface area contributed by atoms with Crippen LogP contribution in [0.15, 0.2) is 30.5 Å². The van der Waals surface area contributed by atoms with Gasteiger partial charge in [0.2, 0.25) is 0 Å². The number of amides is 1. The van der Waals surface area contributed by atoms with Crippen LogP contribution in [0.1, 0.15) is 10.4 Å². The van der Waals surface area contributed by atoms with Crippen LogP contribution in [0.3, 0.4) is 0 Å². The van der Waals surface area contributed by atoms with E-state index in [0.29, 0.717) is 5.82 Å². The molecule has 0 radical (unpaired) electrons. The van der Waals surface area contributed by atoms with Gasteiger partial charge in [-0.15, -0.1) is 10.2 Å². The van der Waals surface area contributed by atoms with Gasteiger partial charge in [0.25, 0.3) is 5.91 Å². The van der Waals surface area contributed by atoms with Crippen molar-refractivity contribution in [1.29, 1.82) is 0 Å². The first-order chi connectivity index (χ1) is 8.16. The number of carbonyl (C=O) groups is 1. The highest BCUT2D eigenvalue weighted by Gasteiger charge is 2.11. The summed E-state index contributed by atoms with van der Waals surface area (Å²) in [7, 11) is 0. The Balaban J connectivity index is 2.17. The molecule has 2 rings (SSSR count). The number of pyridine rings is 1. The molecule has 86 valence electrons. The van der Waals surface area contributed by atoms with Crippen molar-refractivity contribution >= 4 is 34.9 Å². The molecule has 1 N–H and O–H groups in total. The van der Waals surface area contributed by atoms with Crippen LogP contribution in [0, 0.1) is 0 Å². The summed E-state index contributed by atoms with van der Waals surface area (Å²) in [6.07, 6.45) is 1.50. The highest BCUT2D eigenvalue weighted by molar-refractivity contribution is 6.33. The summed E-state index contributed by atoms with van der Waals surface area (Å²) < 4.78 is 0. The van der Waals surface area contributed by atoms with Gasteiger partial charge >= 0.3 is 0 Å². The van der Waals surface area contributed by atoms with Crippen LogP contribution in [0.25, 0.3) is 0 Å². The van der Waals surface area contributed by atoms with Crippen molar-refractivity contribution in [3.63, 3.8) is 0 Å². The monoisotopic (exact) mass is 268 g/mol. The number of hydrogen-bond acceptors (Lipinski definition) is 4. The first-order valence-corrected chi connectivity index (χ1v) is 5.33. The molecule has 0 spiro atoms. The van der Waals surface area contributed by atoms with Crippen LogP contribution in [0.2, 0.25) is 10.3 Å². The molecule has 1 amide bonds. The standard InChI is InChI=1S/C10H6Cl2N4O/c11-7-3-4-8(16-15-7)14-10(17)6-2-1-5-13-9(6)12/h1-5H,(H,14,16,17). The fraction of sp³-hybridized carbons (Fsp3) is 0. The number of nitrogens with zero attached hydrogens (tertiary/aromatic N) is 3. The third-order valence-corrected chi connectivity index (χ3v) is 2.38. The van der Waals surface area contributed by atoms with Gasteiger partial charge in [0.15, 0.2) is 11.0 Å². The molecule has 0 unspecified atom stereocenters. The third-order valence-electron chi connectivity index (χ3n) is 1.88. The molecule has 5 nitrogen and oxygen atoms in total. The number of rotatable bonds is 2.